The Hall–Kier alpha value is -1.83. The van der Waals surface area contributed by atoms with Gasteiger partial charge in [-0.25, -0.2) is 17.7 Å². The average Bonchev–Trinajstić information content (AvgIpc) is 2.51. The molecule has 136 valence electrons. The maximum atomic E-state index is 15.7. The zero-order chi connectivity index (χ0) is 19.5. The monoisotopic (exact) mass is 367 g/mol. The van der Waals surface area contributed by atoms with Crippen LogP contribution in [0.3, 0.4) is 0 Å². The zero-order valence-corrected chi connectivity index (χ0v) is 15.9. The second-order valence-electron chi connectivity index (χ2n) is 7.30. The molecule has 1 aromatic rings. The molecule has 0 aliphatic rings. The first-order chi connectivity index (χ1) is 11.4. The van der Waals surface area contributed by atoms with Gasteiger partial charge in [-0.05, 0) is 40.7 Å². The van der Waals surface area contributed by atoms with Crippen LogP contribution < -0.4 is 4.72 Å². The summed E-state index contributed by atoms with van der Waals surface area (Å²) < 4.78 is 44.8. The lowest BCUT2D eigenvalue weighted by Gasteiger charge is -2.43. The zero-order valence-electron chi connectivity index (χ0n) is 15.1. The topological polar surface area (TPSA) is 76.7 Å². The normalized spacial score (nSPS) is 17.8. The SMILES string of the molecule is CC(C)(C)[S@@](=O)N[C@](C)(c1ccccc1F)[C@@](C)(F)CC(C#N)C#N. The molecule has 0 fully saturated rings. The Bertz CT molecular complexity index is 717. The van der Waals surface area contributed by atoms with Crippen LogP contribution in [-0.2, 0) is 16.5 Å². The van der Waals surface area contributed by atoms with E-state index in [1.807, 2.05) is 0 Å². The molecule has 0 saturated heterocycles. The fourth-order valence-corrected chi connectivity index (χ4v) is 3.35. The summed E-state index contributed by atoms with van der Waals surface area (Å²) in [5, 5.41) is 18.0. The van der Waals surface area contributed by atoms with Crippen molar-refractivity contribution in [2.24, 2.45) is 5.92 Å². The van der Waals surface area contributed by atoms with Gasteiger partial charge in [-0.1, -0.05) is 18.2 Å². The van der Waals surface area contributed by atoms with E-state index in [2.05, 4.69) is 4.72 Å². The molecule has 25 heavy (non-hydrogen) atoms. The summed E-state index contributed by atoms with van der Waals surface area (Å²) in [5.74, 6) is -1.86. The van der Waals surface area contributed by atoms with Crippen molar-refractivity contribution in [3.63, 3.8) is 0 Å². The van der Waals surface area contributed by atoms with E-state index in [1.54, 1.807) is 39.0 Å². The molecule has 0 bridgehead atoms. The minimum Gasteiger partial charge on any atom is -0.242 e. The van der Waals surface area contributed by atoms with Gasteiger partial charge in [0, 0.05) is 12.0 Å². The average molecular weight is 367 g/mol. The Balaban J connectivity index is 3.48. The number of halogens is 2. The standard InChI is InChI=1S/C18H23F2N3OS/c1-16(2,3)25(24)23-18(5,14-8-6-7-9-15(14)19)17(4,20)10-13(11-21)12-22/h6-9,13,23H,10H2,1-5H3/t17-,18+,25+/m0/s1. The van der Waals surface area contributed by atoms with Crippen LogP contribution in [0.15, 0.2) is 24.3 Å². The Morgan fingerprint density at radius 1 is 1.16 bits per heavy atom. The van der Waals surface area contributed by atoms with E-state index < -0.39 is 45.1 Å². The minimum absolute atomic E-state index is 0.00719. The second kappa shape index (κ2) is 7.59. The maximum absolute atomic E-state index is 15.7. The predicted octanol–water partition coefficient (Wildman–Crippen LogP) is 3.87. The van der Waals surface area contributed by atoms with E-state index in [1.165, 1.54) is 32.0 Å². The predicted molar refractivity (Wildman–Crippen MR) is 93.6 cm³/mol. The molecule has 0 heterocycles. The lowest BCUT2D eigenvalue weighted by atomic mass is 9.74. The van der Waals surface area contributed by atoms with Gasteiger partial charge in [0.1, 0.15) is 17.4 Å². The van der Waals surface area contributed by atoms with E-state index in [0.29, 0.717) is 0 Å². The third-order valence-electron chi connectivity index (χ3n) is 4.21. The maximum Gasteiger partial charge on any atom is 0.136 e. The van der Waals surface area contributed by atoms with Crippen molar-refractivity contribution >= 4 is 11.0 Å². The Labute approximate surface area is 150 Å². The Morgan fingerprint density at radius 3 is 2.12 bits per heavy atom. The molecule has 1 aromatic carbocycles. The molecule has 0 radical (unpaired) electrons. The fourth-order valence-electron chi connectivity index (χ4n) is 2.35. The molecule has 0 amide bonds. The van der Waals surface area contributed by atoms with E-state index >= 15 is 4.39 Å². The van der Waals surface area contributed by atoms with Gasteiger partial charge >= 0.3 is 0 Å². The van der Waals surface area contributed by atoms with Gasteiger partial charge in [-0.15, -0.1) is 0 Å². The quantitative estimate of drug-likeness (QED) is 0.829. The summed E-state index contributed by atoms with van der Waals surface area (Å²) in [4.78, 5) is 0. The van der Waals surface area contributed by atoms with Crippen LogP contribution in [0, 0.1) is 34.4 Å². The molecule has 0 aliphatic carbocycles. The van der Waals surface area contributed by atoms with E-state index in [-0.39, 0.29) is 5.56 Å². The van der Waals surface area contributed by atoms with Crippen molar-refractivity contribution < 1.29 is 13.0 Å². The van der Waals surface area contributed by atoms with Crippen molar-refractivity contribution in [2.45, 2.75) is 57.0 Å². The highest BCUT2D eigenvalue weighted by atomic mass is 32.2. The molecule has 1 rings (SSSR count). The first-order valence-corrected chi connectivity index (χ1v) is 8.97. The van der Waals surface area contributed by atoms with Crippen molar-refractivity contribution in [3.8, 4) is 12.1 Å². The van der Waals surface area contributed by atoms with Crippen LogP contribution in [-0.4, -0.2) is 14.6 Å². The number of alkyl halides is 1. The van der Waals surface area contributed by atoms with Gasteiger partial charge in [0.05, 0.1) is 33.4 Å². The highest BCUT2D eigenvalue weighted by Gasteiger charge is 2.51. The van der Waals surface area contributed by atoms with Crippen LogP contribution in [0.5, 0.6) is 0 Å². The van der Waals surface area contributed by atoms with Crippen LogP contribution >= 0.6 is 0 Å². The van der Waals surface area contributed by atoms with Gasteiger partial charge in [0.2, 0.25) is 0 Å². The number of benzene rings is 1. The van der Waals surface area contributed by atoms with Crippen LogP contribution in [0.1, 0.15) is 46.6 Å². The summed E-state index contributed by atoms with van der Waals surface area (Å²) in [6.45, 7) is 7.72. The molecule has 0 saturated carbocycles. The third kappa shape index (κ3) is 4.62. The van der Waals surface area contributed by atoms with Gasteiger partial charge in [0.25, 0.3) is 0 Å². The molecular weight excluding hydrogens is 344 g/mol. The lowest BCUT2D eigenvalue weighted by Crippen LogP contribution is -2.58. The number of nitrogens with zero attached hydrogens (tertiary/aromatic N) is 2. The van der Waals surface area contributed by atoms with Crippen LogP contribution in [0.2, 0.25) is 0 Å². The first kappa shape index (κ1) is 21.2. The van der Waals surface area contributed by atoms with Crippen molar-refractivity contribution in [3.05, 3.63) is 35.6 Å². The first-order valence-electron chi connectivity index (χ1n) is 7.82. The number of rotatable bonds is 6. The van der Waals surface area contributed by atoms with E-state index in [4.69, 9.17) is 10.5 Å². The number of hydrogen-bond donors (Lipinski definition) is 1. The molecule has 0 unspecified atom stereocenters. The van der Waals surface area contributed by atoms with Crippen molar-refractivity contribution in [2.75, 3.05) is 0 Å². The summed E-state index contributed by atoms with van der Waals surface area (Å²) in [6.07, 6.45) is -0.445. The summed E-state index contributed by atoms with van der Waals surface area (Å²) in [7, 11) is -1.70. The lowest BCUT2D eigenvalue weighted by molar-refractivity contribution is 0.0549. The molecule has 0 aromatic heterocycles. The number of nitrogens with one attached hydrogen (secondary N) is 1. The third-order valence-corrected chi connectivity index (χ3v) is 5.91. The molecule has 0 spiro atoms. The molecule has 4 nitrogen and oxygen atoms in total. The number of nitriles is 2. The van der Waals surface area contributed by atoms with Crippen LogP contribution in [0.25, 0.3) is 0 Å². The van der Waals surface area contributed by atoms with E-state index in [9.17, 15) is 8.60 Å². The van der Waals surface area contributed by atoms with Gasteiger partial charge in [-0.3, -0.25) is 0 Å². The second-order valence-corrected chi connectivity index (χ2v) is 9.27. The fraction of sp³-hybridized carbons (Fsp3) is 0.556. The molecule has 7 heteroatoms. The Kier molecular flexibility index (Phi) is 6.44. The van der Waals surface area contributed by atoms with Gasteiger partial charge in [0.15, 0.2) is 0 Å². The number of hydrogen-bond acceptors (Lipinski definition) is 3. The molecule has 3 atom stereocenters. The van der Waals surface area contributed by atoms with Crippen molar-refractivity contribution in [1.29, 1.82) is 10.5 Å². The highest BCUT2D eigenvalue weighted by Crippen LogP contribution is 2.42. The Morgan fingerprint density at radius 2 is 1.68 bits per heavy atom. The molecular formula is C18H23F2N3OS. The summed E-state index contributed by atoms with van der Waals surface area (Å²) in [6, 6.07) is 9.10. The largest absolute Gasteiger partial charge is 0.242 e. The molecule has 0 aliphatic heterocycles. The summed E-state index contributed by atoms with van der Waals surface area (Å²) in [5.41, 5.74) is -3.93. The minimum atomic E-state index is -2.22. The smallest absolute Gasteiger partial charge is 0.136 e. The molecule has 1 N–H and O–H groups in total. The van der Waals surface area contributed by atoms with E-state index in [0.717, 1.165) is 0 Å². The summed E-state index contributed by atoms with van der Waals surface area (Å²) >= 11 is 0. The van der Waals surface area contributed by atoms with Gasteiger partial charge < -0.3 is 0 Å². The van der Waals surface area contributed by atoms with Gasteiger partial charge in [-0.2, -0.15) is 10.5 Å². The highest BCUT2D eigenvalue weighted by molar-refractivity contribution is 7.84. The van der Waals surface area contributed by atoms with Crippen molar-refractivity contribution in [1.82, 2.24) is 4.72 Å². The van der Waals surface area contributed by atoms with Crippen LogP contribution in [0.4, 0.5) is 8.78 Å².